The lowest BCUT2D eigenvalue weighted by Gasteiger charge is -2.34. The Morgan fingerprint density at radius 3 is 2.84 bits per heavy atom. The normalized spacial score (nSPS) is 18.0. The Morgan fingerprint density at radius 1 is 1.42 bits per heavy atom. The zero-order chi connectivity index (χ0) is 13.7. The van der Waals surface area contributed by atoms with Gasteiger partial charge in [0.25, 0.3) is 0 Å². The fraction of sp³-hybridized carbons (Fsp3) is 0.500. The van der Waals surface area contributed by atoms with Crippen LogP contribution in [0.2, 0.25) is 0 Å². The summed E-state index contributed by atoms with van der Waals surface area (Å²) in [6, 6.07) is 5.88. The zero-order valence-corrected chi connectivity index (χ0v) is 11.0. The van der Waals surface area contributed by atoms with Crippen LogP contribution in [0.25, 0.3) is 0 Å². The fourth-order valence-corrected chi connectivity index (χ4v) is 2.06. The molecule has 1 aliphatic rings. The molecule has 0 saturated carbocycles. The van der Waals surface area contributed by atoms with E-state index in [-0.39, 0.29) is 23.8 Å². The van der Waals surface area contributed by atoms with Crippen molar-refractivity contribution in [2.45, 2.75) is 25.3 Å². The highest BCUT2D eigenvalue weighted by Crippen LogP contribution is 2.19. The van der Waals surface area contributed by atoms with Crippen LogP contribution >= 0.6 is 0 Å². The van der Waals surface area contributed by atoms with Gasteiger partial charge in [-0.05, 0) is 38.0 Å². The number of rotatable bonds is 4. The minimum Gasteiger partial charge on any atom is -0.381 e. The molecule has 4 nitrogen and oxygen atoms in total. The molecule has 1 saturated heterocycles. The molecule has 0 spiro atoms. The molecule has 1 heterocycles. The van der Waals surface area contributed by atoms with Crippen LogP contribution in [-0.2, 0) is 9.53 Å². The standard InChI is InChI=1S/C14H19FN2O2/c1-14(5-7-19-8-6-14)16-10-13(18)17-12-4-2-3-11(15)9-12/h2-4,9,16H,5-8,10H2,1H3,(H,17,18). The van der Waals surface area contributed by atoms with Crippen LogP contribution in [0.3, 0.4) is 0 Å². The van der Waals surface area contributed by atoms with Gasteiger partial charge in [0.2, 0.25) is 5.91 Å². The molecular weight excluding hydrogens is 247 g/mol. The first kappa shape index (κ1) is 14.0. The first-order valence-corrected chi connectivity index (χ1v) is 6.46. The molecule has 104 valence electrons. The topological polar surface area (TPSA) is 50.4 Å². The maximum Gasteiger partial charge on any atom is 0.238 e. The van der Waals surface area contributed by atoms with Gasteiger partial charge in [-0.1, -0.05) is 6.07 Å². The van der Waals surface area contributed by atoms with Crippen molar-refractivity contribution in [3.63, 3.8) is 0 Å². The molecule has 0 radical (unpaired) electrons. The first-order valence-electron chi connectivity index (χ1n) is 6.46. The first-order chi connectivity index (χ1) is 9.07. The molecule has 0 atom stereocenters. The average Bonchev–Trinajstić information content (AvgIpc) is 2.38. The Balaban J connectivity index is 1.81. The molecule has 5 heteroatoms. The Kier molecular flexibility index (Phi) is 4.50. The Morgan fingerprint density at radius 2 is 2.16 bits per heavy atom. The summed E-state index contributed by atoms with van der Waals surface area (Å²) in [6.07, 6.45) is 1.78. The molecular formula is C14H19FN2O2. The molecule has 0 aliphatic carbocycles. The largest absolute Gasteiger partial charge is 0.381 e. The number of ether oxygens (including phenoxy) is 1. The van der Waals surface area contributed by atoms with Gasteiger partial charge in [0.05, 0.1) is 6.54 Å². The minimum absolute atomic E-state index is 0.0580. The second kappa shape index (κ2) is 6.12. The highest BCUT2D eigenvalue weighted by Gasteiger charge is 2.27. The zero-order valence-electron chi connectivity index (χ0n) is 11.0. The van der Waals surface area contributed by atoms with E-state index in [0.29, 0.717) is 5.69 Å². The smallest absolute Gasteiger partial charge is 0.238 e. The van der Waals surface area contributed by atoms with Crippen LogP contribution in [0, 0.1) is 5.82 Å². The fourth-order valence-electron chi connectivity index (χ4n) is 2.06. The van der Waals surface area contributed by atoms with E-state index in [4.69, 9.17) is 4.74 Å². The van der Waals surface area contributed by atoms with E-state index < -0.39 is 0 Å². The lowest BCUT2D eigenvalue weighted by Crippen LogP contribution is -2.49. The van der Waals surface area contributed by atoms with Gasteiger partial charge in [-0.25, -0.2) is 4.39 Å². The number of carbonyl (C=O) groups is 1. The number of nitrogens with one attached hydrogen (secondary N) is 2. The van der Waals surface area contributed by atoms with Gasteiger partial charge in [-0.2, -0.15) is 0 Å². The summed E-state index contributed by atoms with van der Waals surface area (Å²) in [5.74, 6) is -0.527. The van der Waals surface area contributed by atoms with Crippen LogP contribution in [-0.4, -0.2) is 31.2 Å². The summed E-state index contributed by atoms with van der Waals surface area (Å²) in [5, 5.41) is 5.91. The summed E-state index contributed by atoms with van der Waals surface area (Å²) in [4.78, 5) is 11.8. The quantitative estimate of drug-likeness (QED) is 0.875. The third-order valence-corrected chi connectivity index (χ3v) is 3.38. The maximum atomic E-state index is 13.0. The van der Waals surface area contributed by atoms with E-state index in [9.17, 15) is 9.18 Å². The molecule has 1 fully saturated rings. The van der Waals surface area contributed by atoms with Gasteiger partial charge >= 0.3 is 0 Å². The average molecular weight is 266 g/mol. The van der Waals surface area contributed by atoms with Gasteiger partial charge in [0.1, 0.15) is 5.82 Å². The summed E-state index contributed by atoms with van der Waals surface area (Å²) >= 11 is 0. The molecule has 0 bridgehead atoms. The summed E-state index contributed by atoms with van der Waals surface area (Å²) in [6.45, 7) is 3.74. The van der Waals surface area contributed by atoms with Crippen LogP contribution in [0.5, 0.6) is 0 Å². The van der Waals surface area contributed by atoms with Gasteiger partial charge in [-0.3, -0.25) is 4.79 Å². The second-order valence-corrected chi connectivity index (χ2v) is 5.09. The van der Waals surface area contributed by atoms with Crippen molar-refractivity contribution in [3.8, 4) is 0 Å². The molecule has 1 aromatic rings. The molecule has 0 unspecified atom stereocenters. The van der Waals surface area contributed by atoms with E-state index in [1.54, 1.807) is 12.1 Å². The number of hydrogen-bond donors (Lipinski definition) is 2. The second-order valence-electron chi connectivity index (χ2n) is 5.09. The van der Waals surface area contributed by atoms with Crippen molar-refractivity contribution in [3.05, 3.63) is 30.1 Å². The van der Waals surface area contributed by atoms with E-state index in [0.717, 1.165) is 26.1 Å². The Bertz CT molecular complexity index is 445. The van der Waals surface area contributed by atoms with Crippen LogP contribution in [0.4, 0.5) is 10.1 Å². The van der Waals surface area contributed by atoms with E-state index in [1.807, 2.05) is 0 Å². The van der Waals surface area contributed by atoms with Crippen molar-refractivity contribution < 1.29 is 13.9 Å². The predicted octanol–water partition coefficient (Wildman–Crippen LogP) is 1.92. The van der Waals surface area contributed by atoms with Crippen molar-refractivity contribution in [2.24, 2.45) is 0 Å². The van der Waals surface area contributed by atoms with Gasteiger partial charge in [-0.15, -0.1) is 0 Å². The summed E-state index contributed by atoms with van der Waals surface area (Å²) < 4.78 is 18.3. The number of anilines is 1. The lowest BCUT2D eigenvalue weighted by molar-refractivity contribution is -0.116. The molecule has 2 N–H and O–H groups in total. The van der Waals surface area contributed by atoms with E-state index in [2.05, 4.69) is 17.6 Å². The molecule has 19 heavy (non-hydrogen) atoms. The third kappa shape index (κ3) is 4.29. The molecule has 1 aromatic carbocycles. The summed E-state index contributed by atoms with van der Waals surface area (Å²) in [7, 11) is 0. The number of hydrogen-bond acceptors (Lipinski definition) is 3. The van der Waals surface area contributed by atoms with E-state index >= 15 is 0 Å². The van der Waals surface area contributed by atoms with Crippen molar-refractivity contribution >= 4 is 11.6 Å². The van der Waals surface area contributed by atoms with Crippen LogP contribution in [0.15, 0.2) is 24.3 Å². The van der Waals surface area contributed by atoms with Gasteiger partial charge < -0.3 is 15.4 Å². The van der Waals surface area contributed by atoms with Crippen molar-refractivity contribution in [2.75, 3.05) is 25.1 Å². The number of benzene rings is 1. The number of amides is 1. The van der Waals surface area contributed by atoms with E-state index in [1.165, 1.54) is 12.1 Å². The molecule has 0 aromatic heterocycles. The van der Waals surface area contributed by atoms with Gasteiger partial charge in [0, 0.05) is 24.4 Å². The lowest BCUT2D eigenvalue weighted by atomic mass is 9.92. The van der Waals surface area contributed by atoms with Gasteiger partial charge in [0.15, 0.2) is 0 Å². The van der Waals surface area contributed by atoms with Crippen molar-refractivity contribution in [1.29, 1.82) is 0 Å². The SMILES string of the molecule is CC1(NCC(=O)Nc2cccc(F)c2)CCOCC1. The predicted molar refractivity (Wildman–Crippen MR) is 71.5 cm³/mol. The highest BCUT2D eigenvalue weighted by molar-refractivity contribution is 5.92. The van der Waals surface area contributed by atoms with Crippen molar-refractivity contribution in [1.82, 2.24) is 5.32 Å². The molecule has 1 amide bonds. The summed E-state index contributed by atoms with van der Waals surface area (Å²) in [5.41, 5.74) is 0.418. The monoisotopic (exact) mass is 266 g/mol. The third-order valence-electron chi connectivity index (χ3n) is 3.38. The minimum atomic E-state index is -0.359. The highest BCUT2D eigenvalue weighted by atomic mass is 19.1. The Hall–Kier alpha value is -1.46. The maximum absolute atomic E-state index is 13.0. The van der Waals surface area contributed by atoms with Crippen LogP contribution in [0.1, 0.15) is 19.8 Å². The Labute approximate surface area is 112 Å². The van der Waals surface area contributed by atoms with Crippen LogP contribution < -0.4 is 10.6 Å². The molecule has 1 aliphatic heterocycles. The number of halogens is 1. The molecule has 2 rings (SSSR count). The number of carbonyl (C=O) groups excluding carboxylic acids is 1.